The third kappa shape index (κ3) is 6.23. The molecule has 1 aliphatic rings. The molecule has 168 valence electrons. The third-order valence-corrected chi connectivity index (χ3v) is 7.43. The zero-order valence-electron chi connectivity index (χ0n) is 18.3. The number of aryl methyl sites for hydroxylation is 1. The van der Waals surface area contributed by atoms with Crippen molar-refractivity contribution in [3.05, 3.63) is 54.1 Å². The summed E-state index contributed by atoms with van der Waals surface area (Å²) in [5, 5.41) is 2.95. The smallest absolute Gasteiger partial charge is 0.264 e. The molecule has 0 saturated heterocycles. The second kappa shape index (κ2) is 10.7. The van der Waals surface area contributed by atoms with Crippen LogP contribution in [0.4, 0.5) is 5.69 Å². The lowest BCUT2D eigenvalue weighted by Gasteiger charge is -2.26. The van der Waals surface area contributed by atoms with Crippen molar-refractivity contribution in [1.29, 1.82) is 0 Å². The molecule has 0 unspecified atom stereocenters. The van der Waals surface area contributed by atoms with Crippen LogP contribution in [0.15, 0.2) is 53.4 Å². The first-order valence-corrected chi connectivity index (χ1v) is 12.4. The van der Waals surface area contributed by atoms with Crippen LogP contribution in [-0.2, 0) is 14.8 Å². The molecule has 1 saturated carbocycles. The molecule has 6 nitrogen and oxygen atoms in total. The Bertz CT molecular complexity index is 950. The predicted molar refractivity (Wildman–Crippen MR) is 123 cm³/mol. The maximum absolute atomic E-state index is 13.4. The summed E-state index contributed by atoms with van der Waals surface area (Å²) in [5.74, 6) is 0.834. The summed E-state index contributed by atoms with van der Waals surface area (Å²) in [7, 11) is -3.90. The standard InChI is InChI=1S/C24H32N2O4S/c1-3-30-22-13-11-21(12-14-22)26(31(28,29)23-15-9-19(2)10-16-23)18-24(27)25-17-20-7-5-4-6-8-20/h9-16,20H,3-8,17-18H2,1-2H3,(H,25,27). The molecule has 1 amide bonds. The van der Waals surface area contributed by atoms with Crippen molar-refractivity contribution in [3.63, 3.8) is 0 Å². The number of carbonyl (C=O) groups is 1. The van der Waals surface area contributed by atoms with Crippen LogP contribution in [0.25, 0.3) is 0 Å². The number of benzene rings is 2. The number of ether oxygens (including phenoxy) is 1. The first kappa shape index (κ1) is 23.1. The fraction of sp³-hybridized carbons (Fsp3) is 0.458. The van der Waals surface area contributed by atoms with Gasteiger partial charge in [0.15, 0.2) is 0 Å². The molecule has 0 aromatic heterocycles. The molecule has 1 fully saturated rings. The lowest BCUT2D eigenvalue weighted by atomic mass is 9.89. The van der Waals surface area contributed by atoms with Crippen LogP contribution in [-0.4, -0.2) is 34.0 Å². The Morgan fingerprint density at radius 1 is 1.03 bits per heavy atom. The van der Waals surface area contributed by atoms with Gasteiger partial charge in [0, 0.05) is 6.54 Å². The Kier molecular flexibility index (Phi) is 7.96. The fourth-order valence-corrected chi connectivity index (χ4v) is 5.28. The van der Waals surface area contributed by atoms with E-state index in [9.17, 15) is 13.2 Å². The van der Waals surface area contributed by atoms with Gasteiger partial charge in [-0.25, -0.2) is 8.42 Å². The van der Waals surface area contributed by atoms with Crippen molar-refractivity contribution < 1.29 is 17.9 Å². The van der Waals surface area contributed by atoms with Crippen molar-refractivity contribution in [3.8, 4) is 5.75 Å². The first-order chi connectivity index (χ1) is 14.9. The van der Waals surface area contributed by atoms with Crippen molar-refractivity contribution >= 4 is 21.6 Å². The molecule has 0 bridgehead atoms. The monoisotopic (exact) mass is 444 g/mol. The largest absolute Gasteiger partial charge is 0.494 e. The normalized spacial score (nSPS) is 14.8. The highest BCUT2D eigenvalue weighted by atomic mass is 32.2. The van der Waals surface area contributed by atoms with E-state index >= 15 is 0 Å². The fourth-order valence-electron chi connectivity index (χ4n) is 3.86. The summed E-state index contributed by atoms with van der Waals surface area (Å²) in [4.78, 5) is 12.9. The molecule has 1 aliphatic carbocycles. The molecule has 0 aliphatic heterocycles. The number of rotatable bonds is 9. The average Bonchev–Trinajstić information content (AvgIpc) is 2.78. The van der Waals surface area contributed by atoms with Gasteiger partial charge < -0.3 is 10.1 Å². The van der Waals surface area contributed by atoms with Gasteiger partial charge in [-0.05, 0) is 69.0 Å². The quantitative estimate of drug-likeness (QED) is 0.626. The lowest BCUT2D eigenvalue weighted by molar-refractivity contribution is -0.119. The van der Waals surface area contributed by atoms with Gasteiger partial charge in [-0.1, -0.05) is 37.0 Å². The van der Waals surface area contributed by atoms with E-state index in [1.54, 1.807) is 48.5 Å². The van der Waals surface area contributed by atoms with Crippen molar-refractivity contribution in [2.45, 2.75) is 50.8 Å². The first-order valence-electron chi connectivity index (χ1n) is 11.0. The van der Waals surface area contributed by atoms with Crippen LogP contribution in [0.3, 0.4) is 0 Å². The number of hydrogen-bond acceptors (Lipinski definition) is 4. The van der Waals surface area contributed by atoms with Crippen LogP contribution >= 0.6 is 0 Å². The SMILES string of the molecule is CCOc1ccc(N(CC(=O)NCC2CCCCC2)S(=O)(=O)c2ccc(C)cc2)cc1. The van der Waals surface area contributed by atoms with Crippen molar-refractivity contribution in [2.24, 2.45) is 5.92 Å². The van der Waals surface area contributed by atoms with Crippen LogP contribution in [0, 0.1) is 12.8 Å². The number of amides is 1. The summed E-state index contributed by atoms with van der Waals surface area (Å²) >= 11 is 0. The Morgan fingerprint density at radius 3 is 2.29 bits per heavy atom. The van der Waals surface area contributed by atoms with Gasteiger partial charge in [0.25, 0.3) is 10.0 Å². The molecule has 0 atom stereocenters. The van der Waals surface area contributed by atoms with Crippen LogP contribution in [0.2, 0.25) is 0 Å². The topological polar surface area (TPSA) is 75.7 Å². The summed E-state index contributed by atoms with van der Waals surface area (Å²) in [6.07, 6.45) is 5.88. The van der Waals surface area contributed by atoms with Crippen LogP contribution in [0.5, 0.6) is 5.75 Å². The zero-order chi connectivity index (χ0) is 22.3. The summed E-state index contributed by atoms with van der Waals surface area (Å²) in [6.45, 7) is 4.64. The minimum absolute atomic E-state index is 0.159. The minimum atomic E-state index is -3.90. The van der Waals surface area contributed by atoms with Gasteiger partial charge >= 0.3 is 0 Å². The highest BCUT2D eigenvalue weighted by molar-refractivity contribution is 7.92. The van der Waals surface area contributed by atoms with E-state index in [0.717, 1.165) is 18.4 Å². The molecule has 2 aromatic carbocycles. The van der Waals surface area contributed by atoms with Gasteiger partial charge in [-0.3, -0.25) is 9.10 Å². The van der Waals surface area contributed by atoms with Crippen molar-refractivity contribution in [1.82, 2.24) is 5.32 Å². The number of hydrogen-bond donors (Lipinski definition) is 1. The number of nitrogens with one attached hydrogen (secondary N) is 1. The molecule has 31 heavy (non-hydrogen) atoms. The van der Waals surface area contributed by atoms with E-state index < -0.39 is 10.0 Å². The maximum atomic E-state index is 13.4. The molecule has 0 spiro atoms. The minimum Gasteiger partial charge on any atom is -0.494 e. The highest BCUT2D eigenvalue weighted by Gasteiger charge is 2.27. The van der Waals surface area contributed by atoms with Crippen LogP contribution < -0.4 is 14.4 Å². The number of nitrogens with zero attached hydrogens (tertiary/aromatic N) is 1. The molecule has 1 N–H and O–H groups in total. The molecule has 3 rings (SSSR count). The Balaban J connectivity index is 1.81. The summed E-state index contributed by atoms with van der Waals surface area (Å²) in [5.41, 5.74) is 1.40. The Labute approximate surface area is 185 Å². The Morgan fingerprint density at radius 2 is 1.68 bits per heavy atom. The number of carbonyl (C=O) groups excluding carboxylic acids is 1. The molecular formula is C24H32N2O4S. The van der Waals surface area contributed by atoms with Gasteiger partial charge in [-0.15, -0.1) is 0 Å². The van der Waals surface area contributed by atoms with Crippen LogP contribution in [0.1, 0.15) is 44.6 Å². The Hall–Kier alpha value is -2.54. The van der Waals surface area contributed by atoms with Gasteiger partial charge in [0.05, 0.1) is 17.2 Å². The van der Waals surface area contributed by atoms with Gasteiger partial charge in [0.2, 0.25) is 5.91 Å². The molecule has 7 heteroatoms. The van der Waals surface area contributed by atoms with E-state index in [-0.39, 0.29) is 17.3 Å². The molecular weight excluding hydrogens is 412 g/mol. The predicted octanol–water partition coefficient (Wildman–Crippen LogP) is 4.29. The van der Waals surface area contributed by atoms with E-state index in [2.05, 4.69) is 5.32 Å². The maximum Gasteiger partial charge on any atom is 0.264 e. The second-order valence-corrected chi connectivity index (χ2v) is 9.92. The second-order valence-electron chi connectivity index (χ2n) is 8.06. The van der Waals surface area contributed by atoms with Crippen molar-refractivity contribution in [2.75, 3.05) is 24.0 Å². The van der Waals surface area contributed by atoms with E-state index in [1.165, 1.54) is 23.6 Å². The third-order valence-electron chi connectivity index (χ3n) is 5.64. The highest BCUT2D eigenvalue weighted by Crippen LogP contribution is 2.26. The van der Waals surface area contributed by atoms with E-state index in [4.69, 9.17) is 4.74 Å². The summed E-state index contributed by atoms with van der Waals surface area (Å²) in [6, 6.07) is 13.4. The van der Waals surface area contributed by atoms with E-state index in [0.29, 0.717) is 30.5 Å². The van der Waals surface area contributed by atoms with Gasteiger partial charge in [-0.2, -0.15) is 0 Å². The molecule has 0 radical (unpaired) electrons. The summed E-state index contributed by atoms with van der Waals surface area (Å²) < 4.78 is 33.5. The lowest BCUT2D eigenvalue weighted by Crippen LogP contribution is -2.42. The average molecular weight is 445 g/mol. The zero-order valence-corrected chi connectivity index (χ0v) is 19.2. The number of sulfonamides is 1. The van der Waals surface area contributed by atoms with Gasteiger partial charge in [0.1, 0.15) is 12.3 Å². The van der Waals surface area contributed by atoms with E-state index in [1.807, 2.05) is 13.8 Å². The molecule has 0 heterocycles. The number of anilines is 1. The molecule has 2 aromatic rings.